The zero-order chi connectivity index (χ0) is 21.4. The maximum Gasteiger partial charge on any atom is 0.265 e. The number of benzene rings is 2. The molecule has 2 N–H and O–H groups in total. The smallest absolute Gasteiger partial charge is 0.265 e. The minimum absolute atomic E-state index is 0.213. The lowest BCUT2D eigenvalue weighted by Gasteiger charge is -2.23. The third kappa shape index (κ3) is 3.78. The Bertz CT molecular complexity index is 1130. The molecule has 0 spiro atoms. The zero-order valence-corrected chi connectivity index (χ0v) is 17.4. The number of rotatable bonds is 4. The number of amides is 2. The van der Waals surface area contributed by atoms with Gasteiger partial charge in [-0.1, -0.05) is 29.8 Å². The van der Waals surface area contributed by atoms with Crippen LogP contribution in [0.15, 0.2) is 42.5 Å². The number of aromatic nitrogens is 2. The van der Waals surface area contributed by atoms with Crippen LogP contribution >= 0.6 is 0 Å². The lowest BCUT2D eigenvalue weighted by atomic mass is 10.1. The molecule has 2 aromatic carbocycles. The molecule has 1 aliphatic heterocycles. The fourth-order valence-corrected chi connectivity index (χ4v) is 3.53. The summed E-state index contributed by atoms with van der Waals surface area (Å²) in [5, 5.41) is 10.2. The molecule has 2 heterocycles. The van der Waals surface area contributed by atoms with E-state index >= 15 is 0 Å². The van der Waals surface area contributed by atoms with Gasteiger partial charge in [-0.3, -0.25) is 14.3 Å². The van der Waals surface area contributed by atoms with Crippen LogP contribution < -0.4 is 15.4 Å². The van der Waals surface area contributed by atoms with Gasteiger partial charge in [0.05, 0.1) is 23.5 Å². The van der Waals surface area contributed by atoms with Crippen molar-refractivity contribution < 1.29 is 14.3 Å². The van der Waals surface area contributed by atoms with Gasteiger partial charge < -0.3 is 15.4 Å². The lowest BCUT2D eigenvalue weighted by molar-refractivity contribution is -0.122. The minimum atomic E-state index is -0.539. The third-order valence-electron chi connectivity index (χ3n) is 5.23. The minimum Gasteiger partial charge on any atom is -0.479 e. The monoisotopic (exact) mass is 404 g/mol. The number of nitrogens with zero attached hydrogens (tertiary/aromatic N) is 2. The molecule has 0 bridgehead atoms. The van der Waals surface area contributed by atoms with E-state index < -0.39 is 6.10 Å². The topological polar surface area (TPSA) is 85.3 Å². The molecular weight excluding hydrogens is 380 g/mol. The number of fused-ring (bicyclic) bond motifs is 1. The number of ether oxygens (including phenoxy) is 1. The predicted molar refractivity (Wildman–Crippen MR) is 115 cm³/mol. The molecule has 1 atom stereocenters. The van der Waals surface area contributed by atoms with E-state index in [2.05, 4.69) is 40.0 Å². The molecule has 1 aromatic heterocycles. The fourth-order valence-electron chi connectivity index (χ4n) is 3.53. The summed E-state index contributed by atoms with van der Waals surface area (Å²) < 4.78 is 7.40. The van der Waals surface area contributed by atoms with Gasteiger partial charge in [-0.15, -0.1) is 0 Å². The summed E-state index contributed by atoms with van der Waals surface area (Å²) in [4.78, 5) is 24.8. The van der Waals surface area contributed by atoms with Gasteiger partial charge in [0.25, 0.3) is 11.8 Å². The molecule has 30 heavy (non-hydrogen) atoms. The lowest BCUT2D eigenvalue weighted by Crippen LogP contribution is -2.34. The second-order valence-electron chi connectivity index (χ2n) is 7.60. The van der Waals surface area contributed by atoms with Crippen LogP contribution in [0, 0.1) is 20.8 Å². The van der Waals surface area contributed by atoms with E-state index in [9.17, 15) is 9.59 Å². The Kier molecular flexibility index (Phi) is 5.03. The van der Waals surface area contributed by atoms with Gasteiger partial charge in [-0.2, -0.15) is 5.10 Å². The van der Waals surface area contributed by atoms with E-state index in [4.69, 9.17) is 4.74 Å². The predicted octanol–water partition coefficient (Wildman–Crippen LogP) is 3.83. The Labute approximate surface area is 175 Å². The van der Waals surface area contributed by atoms with Gasteiger partial charge in [0.1, 0.15) is 5.75 Å². The maximum atomic E-state index is 13.0. The summed E-state index contributed by atoms with van der Waals surface area (Å²) in [6, 6.07) is 13.4. The van der Waals surface area contributed by atoms with E-state index in [1.807, 2.05) is 25.5 Å². The van der Waals surface area contributed by atoms with Crippen LogP contribution in [0.3, 0.4) is 0 Å². The first-order valence-electron chi connectivity index (χ1n) is 9.84. The Morgan fingerprint density at radius 3 is 2.63 bits per heavy atom. The number of hydrogen-bond acceptors (Lipinski definition) is 4. The van der Waals surface area contributed by atoms with E-state index in [0.29, 0.717) is 34.9 Å². The molecule has 4 rings (SSSR count). The number of aryl methyl sites for hydroxylation is 2. The van der Waals surface area contributed by atoms with Crippen molar-refractivity contribution in [3.05, 3.63) is 70.5 Å². The Morgan fingerprint density at radius 1 is 1.17 bits per heavy atom. The summed E-state index contributed by atoms with van der Waals surface area (Å²) in [5.41, 5.74) is 5.45. The second kappa shape index (κ2) is 7.67. The SMILES string of the molecule is Cc1ccc(Cn2nc(C)c(C(=O)Nc3ccc4c(c3)NC(=O)[C@@H](C)O4)c2C)cc1. The fraction of sp³-hybridized carbons (Fsp3) is 0.261. The molecular formula is C23H24N4O3. The van der Waals surface area contributed by atoms with Crippen LogP contribution in [-0.2, 0) is 11.3 Å². The maximum absolute atomic E-state index is 13.0. The molecule has 0 saturated heterocycles. The average molecular weight is 404 g/mol. The van der Waals surface area contributed by atoms with Crippen LogP contribution in [0.4, 0.5) is 11.4 Å². The molecule has 2 amide bonds. The van der Waals surface area contributed by atoms with E-state index in [-0.39, 0.29) is 11.8 Å². The zero-order valence-electron chi connectivity index (χ0n) is 17.4. The van der Waals surface area contributed by atoms with Crippen LogP contribution in [-0.4, -0.2) is 27.7 Å². The van der Waals surface area contributed by atoms with Crippen LogP contribution in [0.2, 0.25) is 0 Å². The van der Waals surface area contributed by atoms with Crippen molar-refractivity contribution in [2.45, 2.75) is 40.3 Å². The highest BCUT2D eigenvalue weighted by molar-refractivity contribution is 6.06. The summed E-state index contributed by atoms with van der Waals surface area (Å²) in [7, 11) is 0. The van der Waals surface area contributed by atoms with Crippen molar-refractivity contribution in [3.63, 3.8) is 0 Å². The van der Waals surface area contributed by atoms with Crippen LogP contribution in [0.25, 0.3) is 0 Å². The Morgan fingerprint density at radius 2 is 1.90 bits per heavy atom. The normalized spacial score (nSPS) is 15.2. The number of nitrogens with one attached hydrogen (secondary N) is 2. The van der Waals surface area contributed by atoms with Crippen molar-refractivity contribution in [3.8, 4) is 5.75 Å². The van der Waals surface area contributed by atoms with Gasteiger partial charge in [-0.05, 0) is 51.5 Å². The molecule has 1 aliphatic rings. The molecule has 3 aromatic rings. The molecule has 0 fully saturated rings. The summed E-state index contributed by atoms with van der Waals surface area (Å²) in [6.45, 7) is 8.06. The van der Waals surface area contributed by atoms with Crippen LogP contribution in [0.1, 0.15) is 39.8 Å². The van der Waals surface area contributed by atoms with Gasteiger partial charge in [0.15, 0.2) is 6.10 Å². The molecule has 0 unspecified atom stereocenters. The highest BCUT2D eigenvalue weighted by atomic mass is 16.5. The van der Waals surface area contributed by atoms with E-state index in [1.165, 1.54) is 5.56 Å². The van der Waals surface area contributed by atoms with Gasteiger partial charge >= 0.3 is 0 Å². The third-order valence-corrected chi connectivity index (χ3v) is 5.23. The van der Waals surface area contributed by atoms with Crippen molar-refractivity contribution in [1.29, 1.82) is 0 Å². The summed E-state index contributed by atoms with van der Waals surface area (Å²) >= 11 is 0. The van der Waals surface area contributed by atoms with Crippen molar-refractivity contribution in [2.24, 2.45) is 0 Å². The number of anilines is 2. The highest BCUT2D eigenvalue weighted by Crippen LogP contribution is 2.32. The molecule has 7 heteroatoms. The molecule has 0 saturated carbocycles. The first kappa shape index (κ1) is 19.7. The number of carbonyl (C=O) groups excluding carboxylic acids is 2. The van der Waals surface area contributed by atoms with E-state index in [0.717, 1.165) is 11.3 Å². The summed E-state index contributed by atoms with van der Waals surface area (Å²) in [6.07, 6.45) is -0.539. The van der Waals surface area contributed by atoms with Crippen molar-refractivity contribution in [2.75, 3.05) is 10.6 Å². The first-order valence-corrected chi connectivity index (χ1v) is 9.84. The molecule has 0 aliphatic carbocycles. The highest BCUT2D eigenvalue weighted by Gasteiger charge is 2.24. The Balaban J connectivity index is 1.54. The van der Waals surface area contributed by atoms with Crippen molar-refractivity contribution in [1.82, 2.24) is 9.78 Å². The van der Waals surface area contributed by atoms with Crippen molar-refractivity contribution >= 4 is 23.2 Å². The Hall–Kier alpha value is -3.61. The second-order valence-corrected chi connectivity index (χ2v) is 7.60. The largest absolute Gasteiger partial charge is 0.479 e. The quantitative estimate of drug-likeness (QED) is 0.692. The summed E-state index contributed by atoms with van der Waals surface area (Å²) in [5.74, 6) is 0.130. The van der Waals surface area contributed by atoms with Crippen LogP contribution in [0.5, 0.6) is 5.75 Å². The van der Waals surface area contributed by atoms with E-state index in [1.54, 1.807) is 25.1 Å². The molecule has 7 nitrogen and oxygen atoms in total. The van der Waals surface area contributed by atoms with Gasteiger partial charge in [0.2, 0.25) is 0 Å². The standard InChI is InChI=1S/C23H24N4O3/c1-13-5-7-17(8-6-13)12-27-15(3)21(14(2)26-27)23(29)24-18-9-10-20-19(11-18)25-22(28)16(4)30-20/h5-11,16H,12H2,1-4H3,(H,24,29)(H,25,28)/t16-/m1/s1. The average Bonchev–Trinajstić information content (AvgIpc) is 2.98. The molecule has 154 valence electrons. The van der Waals surface area contributed by atoms with Gasteiger partial charge in [0, 0.05) is 11.4 Å². The van der Waals surface area contributed by atoms with Gasteiger partial charge in [-0.25, -0.2) is 0 Å². The molecule has 0 radical (unpaired) electrons. The number of hydrogen-bond donors (Lipinski definition) is 2. The number of carbonyl (C=O) groups is 2. The first-order chi connectivity index (χ1) is 14.3.